The predicted octanol–water partition coefficient (Wildman–Crippen LogP) is 4.42. The number of piperidine rings is 1. The molecule has 27 heavy (non-hydrogen) atoms. The third-order valence-electron chi connectivity index (χ3n) is 4.80. The van der Waals surface area contributed by atoms with E-state index in [1.165, 1.54) is 23.1 Å². The first-order chi connectivity index (χ1) is 12.9. The zero-order valence-electron chi connectivity index (χ0n) is 14.4. The fourth-order valence-corrected chi connectivity index (χ4v) is 3.49. The molecule has 1 aliphatic heterocycles. The number of ketones is 1. The Morgan fingerprint density at radius 3 is 2.41 bits per heavy atom. The lowest BCUT2D eigenvalue weighted by Gasteiger charge is -2.31. The van der Waals surface area contributed by atoms with E-state index >= 15 is 0 Å². The summed E-state index contributed by atoms with van der Waals surface area (Å²) in [6.45, 7) is 0.580. The van der Waals surface area contributed by atoms with E-state index in [1.807, 2.05) is 0 Å². The van der Waals surface area contributed by atoms with Crippen molar-refractivity contribution in [2.75, 3.05) is 13.1 Å². The van der Waals surface area contributed by atoms with Crippen LogP contribution in [0.25, 0.3) is 0 Å². The van der Waals surface area contributed by atoms with Crippen LogP contribution in [-0.2, 0) is 11.2 Å². The molecule has 0 aromatic heterocycles. The summed E-state index contributed by atoms with van der Waals surface area (Å²) in [7, 11) is 0. The first kappa shape index (κ1) is 19.4. The lowest BCUT2D eigenvalue weighted by Crippen LogP contribution is -2.41. The molecular formula is C20H17ClF3NO2. The summed E-state index contributed by atoms with van der Waals surface area (Å²) in [5.41, 5.74) is -0.123. The molecule has 0 aliphatic carbocycles. The number of carbonyl (C=O) groups excluding carboxylic acids is 2. The molecule has 2 aromatic rings. The van der Waals surface area contributed by atoms with Crippen LogP contribution in [0.5, 0.6) is 0 Å². The summed E-state index contributed by atoms with van der Waals surface area (Å²) in [5.74, 6) is -3.20. The minimum atomic E-state index is -0.755. The minimum Gasteiger partial charge on any atom is -0.342 e. The summed E-state index contributed by atoms with van der Waals surface area (Å²) < 4.78 is 40.9. The minimum absolute atomic E-state index is 0.143. The molecule has 7 heteroatoms. The predicted molar refractivity (Wildman–Crippen MR) is 95.1 cm³/mol. The average molecular weight is 396 g/mol. The third-order valence-corrected chi connectivity index (χ3v) is 5.16. The Bertz CT molecular complexity index is 859. The molecule has 0 unspecified atom stereocenters. The highest BCUT2D eigenvalue weighted by Gasteiger charge is 2.30. The van der Waals surface area contributed by atoms with Gasteiger partial charge in [0.2, 0.25) is 5.91 Å². The Balaban J connectivity index is 1.62. The number of likely N-dealkylation sites (tertiary alicyclic amines) is 1. The van der Waals surface area contributed by atoms with Crippen molar-refractivity contribution in [3.63, 3.8) is 0 Å². The van der Waals surface area contributed by atoms with Gasteiger partial charge in [-0.2, -0.15) is 0 Å². The van der Waals surface area contributed by atoms with E-state index in [-0.39, 0.29) is 41.6 Å². The van der Waals surface area contributed by atoms with Crippen molar-refractivity contribution in [2.45, 2.75) is 19.3 Å². The molecule has 2 aromatic carbocycles. The molecule has 1 aliphatic rings. The quantitative estimate of drug-likeness (QED) is 0.718. The van der Waals surface area contributed by atoms with Crippen LogP contribution in [0.15, 0.2) is 36.4 Å². The standard InChI is InChI=1S/C20H17ClF3NO2/c21-16-2-1-3-17(23)14(16)11-19(26)25-8-6-12(7-9-25)20(27)15-10-13(22)4-5-18(15)24/h1-5,10,12H,6-9,11H2. The molecule has 1 fully saturated rings. The van der Waals surface area contributed by atoms with E-state index in [0.717, 1.165) is 18.2 Å². The number of carbonyl (C=O) groups is 2. The highest BCUT2D eigenvalue weighted by atomic mass is 35.5. The van der Waals surface area contributed by atoms with Gasteiger partial charge in [-0.25, -0.2) is 13.2 Å². The van der Waals surface area contributed by atoms with Crippen LogP contribution in [0.3, 0.4) is 0 Å². The summed E-state index contributed by atoms with van der Waals surface area (Å²) in [6, 6.07) is 7.02. The molecule has 0 radical (unpaired) electrons. The molecule has 0 saturated carbocycles. The fraction of sp³-hybridized carbons (Fsp3) is 0.300. The molecule has 142 valence electrons. The van der Waals surface area contributed by atoms with Gasteiger partial charge in [0, 0.05) is 29.6 Å². The SMILES string of the molecule is O=C(c1cc(F)ccc1F)C1CCN(C(=O)Cc2c(F)cccc2Cl)CC1. The Labute approximate surface area is 159 Å². The average Bonchev–Trinajstić information content (AvgIpc) is 2.66. The van der Waals surface area contributed by atoms with Crippen molar-refractivity contribution in [3.05, 3.63) is 70.0 Å². The van der Waals surface area contributed by atoms with E-state index in [4.69, 9.17) is 11.6 Å². The van der Waals surface area contributed by atoms with Crippen LogP contribution in [-0.4, -0.2) is 29.7 Å². The van der Waals surface area contributed by atoms with Gasteiger partial charge in [0.25, 0.3) is 0 Å². The van der Waals surface area contributed by atoms with Crippen molar-refractivity contribution in [1.82, 2.24) is 4.90 Å². The number of halogens is 4. The normalized spacial score (nSPS) is 15.0. The Hall–Kier alpha value is -2.34. The molecule has 1 saturated heterocycles. The number of rotatable bonds is 4. The number of amides is 1. The molecule has 0 spiro atoms. The van der Waals surface area contributed by atoms with E-state index < -0.39 is 29.2 Å². The maximum Gasteiger partial charge on any atom is 0.227 e. The van der Waals surface area contributed by atoms with Gasteiger partial charge in [0.05, 0.1) is 12.0 Å². The van der Waals surface area contributed by atoms with Crippen LogP contribution in [0.2, 0.25) is 5.02 Å². The maximum absolute atomic E-state index is 13.8. The number of Topliss-reactive ketones (excluding diaryl/α,β-unsaturated/α-hetero) is 1. The van der Waals surface area contributed by atoms with Crippen molar-refractivity contribution in [3.8, 4) is 0 Å². The van der Waals surface area contributed by atoms with Gasteiger partial charge in [-0.15, -0.1) is 0 Å². The lowest BCUT2D eigenvalue weighted by molar-refractivity contribution is -0.131. The number of benzene rings is 2. The fourth-order valence-electron chi connectivity index (χ4n) is 3.26. The largest absolute Gasteiger partial charge is 0.342 e. The zero-order chi connectivity index (χ0) is 19.6. The van der Waals surface area contributed by atoms with Crippen molar-refractivity contribution < 1.29 is 22.8 Å². The Morgan fingerprint density at radius 2 is 1.74 bits per heavy atom. The molecule has 0 N–H and O–H groups in total. The van der Waals surface area contributed by atoms with Gasteiger partial charge in [-0.1, -0.05) is 17.7 Å². The Morgan fingerprint density at radius 1 is 1.04 bits per heavy atom. The molecule has 3 nitrogen and oxygen atoms in total. The molecule has 0 bridgehead atoms. The van der Waals surface area contributed by atoms with E-state index in [0.29, 0.717) is 12.8 Å². The van der Waals surface area contributed by atoms with Crippen molar-refractivity contribution >= 4 is 23.3 Å². The summed E-state index contributed by atoms with van der Waals surface area (Å²) in [6.07, 6.45) is 0.514. The number of hydrogen-bond donors (Lipinski definition) is 0. The summed E-state index contributed by atoms with van der Waals surface area (Å²) in [4.78, 5) is 26.4. The topological polar surface area (TPSA) is 37.4 Å². The van der Waals surface area contributed by atoms with E-state index in [9.17, 15) is 22.8 Å². The molecular weight excluding hydrogens is 379 g/mol. The van der Waals surface area contributed by atoms with Crippen molar-refractivity contribution in [2.24, 2.45) is 5.92 Å². The van der Waals surface area contributed by atoms with Gasteiger partial charge in [0.1, 0.15) is 17.5 Å². The second kappa shape index (κ2) is 8.13. The second-order valence-electron chi connectivity index (χ2n) is 6.52. The molecule has 0 atom stereocenters. The van der Waals surface area contributed by atoms with Gasteiger partial charge in [-0.3, -0.25) is 9.59 Å². The third kappa shape index (κ3) is 4.33. The van der Waals surface area contributed by atoms with Crippen LogP contribution in [0.1, 0.15) is 28.8 Å². The van der Waals surface area contributed by atoms with Crippen LogP contribution < -0.4 is 0 Å². The molecule has 1 amide bonds. The van der Waals surface area contributed by atoms with Crippen LogP contribution in [0.4, 0.5) is 13.2 Å². The van der Waals surface area contributed by atoms with Crippen molar-refractivity contribution in [1.29, 1.82) is 0 Å². The summed E-state index contributed by atoms with van der Waals surface area (Å²) >= 11 is 5.95. The second-order valence-corrected chi connectivity index (χ2v) is 6.93. The van der Waals surface area contributed by atoms with Gasteiger partial charge < -0.3 is 4.90 Å². The summed E-state index contributed by atoms with van der Waals surface area (Å²) in [5, 5.41) is 0.190. The monoisotopic (exact) mass is 395 g/mol. The van der Waals surface area contributed by atoms with Crippen LogP contribution >= 0.6 is 11.6 Å². The van der Waals surface area contributed by atoms with Gasteiger partial charge in [0.15, 0.2) is 5.78 Å². The van der Waals surface area contributed by atoms with Crippen LogP contribution in [0, 0.1) is 23.4 Å². The smallest absolute Gasteiger partial charge is 0.227 e. The zero-order valence-corrected chi connectivity index (χ0v) is 15.1. The van der Waals surface area contributed by atoms with Gasteiger partial charge in [-0.05, 0) is 43.2 Å². The Kier molecular flexibility index (Phi) is 5.85. The lowest BCUT2D eigenvalue weighted by atomic mass is 9.88. The first-order valence-electron chi connectivity index (χ1n) is 8.56. The molecule has 1 heterocycles. The van der Waals surface area contributed by atoms with E-state index in [2.05, 4.69) is 0 Å². The maximum atomic E-state index is 13.8. The van der Waals surface area contributed by atoms with Gasteiger partial charge >= 0.3 is 0 Å². The number of nitrogens with zero attached hydrogens (tertiary/aromatic N) is 1. The first-order valence-corrected chi connectivity index (χ1v) is 8.94. The molecule has 3 rings (SSSR count). The highest BCUT2D eigenvalue weighted by Crippen LogP contribution is 2.25. The highest BCUT2D eigenvalue weighted by molar-refractivity contribution is 6.31. The van der Waals surface area contributed by atoms with E-state index in [1.54, 1.807) is 0 Å². The number of hydrogen-bond acceptors (Lipinski definition) is 2.